The number of hydrogen-bond donors (Lipinski definition) is 0. The molecule has 1 aromatic heterocycles. The van der Waals surface area contributed by atoms with E-state index >= 15 is 0 Å². The van der Waals surface area contributed by atoms with E-state index < -0.39 is 0 Å². The molecule has 7 heteroatoms. The molecule has 1 amide bonds. The minimum absolute atomic E-state index is 0.0267. The van der Waals surface area contributed by atoms with Crippen LogP contribution < -0.4 is 4.74 Å². The van der Waals surface area contributed by atoms with Crippen LogP contribution >= 0.6 is 0 Å². The Kier molecular flexibility index (Phi) is 4.34. The number of ether oxygens (including phenoxy) is 2. The van der Waals surface area contributed by atoms with E-state index in [4.69, 9.17) is 14.0 Å². The van der Waals surface area contributed by atoms with Gasteiger partial charge in [-0.3, -0.25) is 4.79 Å². The molecule has 1 saturated heterocycles. The van der Waals surface area contributed by atoms with Crippen molar-refractivity contribution in [3.05, 3.63) is 30.2 Å². The van der Waals surface area contributed by atoms with Crippen molar-refractivity contribution in [2.75, 3.05) is 32.9 Å². The molecule has 0 unspecified atom stereocenters. The van der Waals surface area contributed by atoms with E-state index in [0.29, 0.717) is 43.8 Å². The normalized spacial score (nSPS) is 14.9. The van der Waals surface area contributed by atoms with Gasteiger partial charge in [0, 0.05) is 25.6 Å². The Morgan fingerprint density at radius 2 is 2.00 bits per heavy atom. The average Bonchev–Trinajstić information content (AvgIpc) is 3.00. The summed E-state index contributed by atoms with van der Waals surface area (Å²) in [4.78, 5) is 17.9. The number of amides is 1. The predicted octanol–water partition coefficient (Wildman–Crippen LogP) is 1.28. The number of carbonyl (C=O) groups excluding carboxylic acids is 1. The van der Waals surface area contributed by atoms with Gasteiger partial charge in [0.1, 0.15) is 5.75 Å². The maximum absolute atomic E-state index is 12.0. The number of hydrogen-bond acceptors (Lipinski definition) is 6. The fourth-order valence-electron chi connectivity index (χ4n) is 2.17. The van der Waals surface area contributed by atoms with Crippen LogP contribution in [-0.4, -0.2) is 53.9 Å². The quantitative estimate of drug-likeness (QED) is 0.847. The first-order chi connectivity index (χ1) is 10.7. The highest BCUT2D eigenvalue weighted by molar-refractivity contribution is 5.77. The molecule has 116 valence electrons. The zero-order valence-electron chi connectivity index (χ0n) is 12.3. The van der Waals surface area contributed by atoms with Crippen LogP contribution in [0.25, 0.3) is 11.4 Å². The lowest BCUT2D eigenvalue weighted by Crippen LogP contribution is -2.42. The summed E-state index contributed by atoms with van der Waals surface area (Å²) in [5, 5.41) is 3.85. The van der Waals surface area contributed by atoms with Crippen molar-refractivity contribution < 1.29 is 18.8 Å². The molecule has 0 atom stereocenters. The van der Waals surface area contributed by atoms with Crippen LogP contribution in [0.15, 0.2) is 28.8 Å². The van der Waals surface area contributed by atoms with Gasteiger partial charge in [-0.2, -0.15) is 4.98 Å². The van der Waals surface area contributed by atoms with E-state index in [2.05, 4.69) is 10.1 Å². The maximum Gasteiger partial charge on any atom is 0.260 e. The van der Waals surface area contributed by atoms with Crippen LogP contribution in [-0.2, 0) is 9.53 Å². The summed E-state index contributed by atoms with van der Waals surface area (Å²) in [7, 11) is 0. The van der Waals surface area contributed by atoms with E-state index in [0.717, 1.165) is 5.56 Å². The van der Waals surface area contributed by atoms with Crippen molar-refractivity contribution in [1.82, 2.24) is 15.0 Å². The molecule has 1 aliphatic heterocycles. The Labute approximate surface area is 127 Å². The molecule has 1 aromatic carbocycles. The van der Waals surface area contributed by atoms with Gasteiger partial charge in [-0.1, -0.05) is 5.16 Å². The second kappa shape index (κ2) is 6.57. The molecule has 0 spiro atoms. The lowest BCUT2D eigenvalue weighted by Gasteiger charge is -2.26. The molecule has 22 heavy (non-hydrogen) atoms. The first kappa shape index (κ1) is 14.5. The predicted molar refractivity (Wildman–Crippen MR) is 77.4 cm³/mol. The molecule has 0 aliphatic carbocycles. The van der Waals surface area contributed by atoms with Gasteiger partial charge in [-0.15, -0.1) is 0 Å². The van der Waals surface area contributed by atoms with Gasteiger partial charge < -0.3 is 18.9 Å². The van der Waals surface area contributed by atoms with Gasteiger partial charge in [0.15, 0.2) is 6.61 Å². The van der Waals surface area contributed by atoms with Gasteiger partial charge in [-0.05, 0) is 24.3 Å². The van der Waals surface area contributed by atoms with Crippen LogP contribution in [0.3, 0.4) is 0 Å². The molecule has 7 nitrogen and oxygen atoms in total. The number of carbonyl (C=O) groups is 1. The summed E-state index contributed by atoms with van der Waals surface area (Å²) in [6.07, 6.45) is 0. The van der Waals surface area contributed by atoms with Gasteiger partial charge in [0.25, 0.3) is 5.91 Å². The van der Waals surface area contributed by atoms with Crippen LogP contribution in [0.1, 0.15) is 5.89 Å². The summed E-state index contributed by atoms with van der Waals surface area (Å²) in [6, 6.07) is 7.24. The third-order valence-corrected chi connectivity index (χ3v) is 3.37. The molecule has 1 fully saturated rings. The smallest absolute Gasteiger partial charge is 0.260 e. The van der Waals surface area contributed by atoms with Crippen LogP contribution in [0.5, 0.6) is 5.75 Å². The Morgan fingerprint density at radius 1 is 1.27 bits per heavy atom. The zero-order chi connectivity index (χ0) is 15.4. The molecule has 2 heterocycles. The van der Waals surface area contributed by atoms with E-state index in [9.17, 15) is 4.79 Å². The number of morpholine rings is 1. The number of nitrogens with zero attached hydrogens (tertiary/aromatic N) is 3. The number of benzene rings is 1. The third-order valence-electron chi connectivity index (χ3n) is 3.37. The number of rotatable bonds is 4. The molecule has 0 N–H and O–H groups in total. The second-order valence-corrected chi connectivity index (χ2v) is 4.94. The minimum atomic E-state index is -0.0267. The minimum Gasteiger partial charge on any atom is -0.484 e. The summed E-state index contributed by atoms with van der Waals surface area (Å²) in [5.74, 6) is 1.66. The van der Waals surface area contributed by atoms with Crippen molar-refractivity contribution in [2.45, 2.75) is 6.92 Å². The highest BCUT2D eigenvalue weighted by Crippen LogP contribution is 2.19. The Balaban J connectivity index is 1.56. The topological polar surface area (TPSA) is 77.7 Å². The summed E-state index contributed by atoms with van der Waals surface area (Å²) in [6.45, 7) is 4.19. The second-order valence-electron chi connectivity index (χ2n) is 4.94. The van der Waals surface area contributed by atoms with Gasteiger partial charge in [-0.25, -0.2) is 0 Å². The van der Waals surface area contributed by atoms with Crippen molar-refractivity contribution >= 4 is 5.91 Å². The van der Waals surface area contributed by atoms with Crippen LogP contribution in [0.4, 0.5) is 0 Å². The Bertz CT molecular complexity index is 632. The van der Waals surface area contributed by atoms with Crippen LogP contribution in [0, 0.1) is 6.92 Å². The molecule has 2 aromatic rings. The fourth-order valence-corrected chi connectivity index (χ4v) is 2.17. The molecule has 0 bridgehead atoms. The third kappa shape index (κ3) is 3.43. The Hall–Kier alpha value is -2.41. The van der Waals surface area contributed by atoms with E-state index in [1.807, 2.05) is 12.1 Å². The van der Waals surface area contributed by atoms with Gasteiger partial charge >= 0.3 is 0 Å². The standard InChI is InChI=1S/C15H17N3O4/c1-11-16-15(17-22-11)12-2-4-13(5-3-12)21-10-14(19)18-6-8-20-9-7-18/h2-5H,6-10H2,1H3. The first-order valence-corrected chi connectivity index (χ1v) is 7.11. The van der Waals surface area contributed by atoms with Crippen molar-refractivity contribution in [2.24, 2.45) is 0 Å². The van der Waals surface area contributed by atoms with E-state index in [-0.39, 0.29) is 12.5 Å². The fraction of sp³-hybridized carbons (Fsp3) is 0.400. The van der Waals surface area contributed by atoms with Crippen molar-refractivity contribution in [3.63, 3.8) is 0 Å². The van der Waals surface area contributed by atoms with Crippen LogP contribution in [0.2, 0.25) is 0 Å². The molecular formula is C15H17N3O4. The zero-order valence-corrected chi connectivity index (χ0v) is 12.3. The first-order valence-electron chi connectivity index (χ1n) is 7.11. The van der Waals surface area contributed by atoms with Gasteiger partial charge in [0.05, 0.1) is 13.2 Å². The summed E-state index contributed by atoms with van der Waals surface area (Å²) >= 11 is 0. The molecule has 3 rings (SSSR count). The van der Waals surface area contributed by atoms with Gasteiger partial charge in [0.2, 0.25) is 11.7 Å². The van der Waals surface area contributed by atoms with E-state index in [1.165, 1.54) is 0 Å². The molecular weight excluding hydrogens is 286 g/mol. The number of aryl methyl sites for hydroxylation is 1. The highest BCUT2D eigenvalue weighted by atomic mass is 16.5. The lowest BCUT2D eigenvalue weighted by molar-refractivity contribution is -0.137. The number of aromatic nitrogens is 2. The maximum atomic E-state index is 12.0. The molecule has 1 aliphatic rings. The summed E-state index contributed by atoms with van der Waals surface area (Å²) in [5.41, 5.74) is 0.837. The van der Waals surface area contributed by atoms with E-state index in [1.54, 1.807) is 24.0 Å². The van der Waals surface area contributed by atoms with Crippen molar-refractivity contribution in [3.8, 4) is 17.1 Å². The SMILES string of the molecule is Cc1nc(-c2ccc(OCC(=O)N3CCOCC3)cc2)no1. The summed E-state index contributed by atoms with van der Waals surface area (Å²) < 4.78 is 15.7. The molecule has 0 radical (unpaired) electrons. The van der Waals surface area contributed by atoms with Crippen molar-refractivity contribution in [1.29, 1.82) is 0 Å². The highest BCUT2D eigenvalue weighted by Gasteiger charge is 2.17. The monoisotopic (exact) mass is 303 g/mol. The molecule has 0 saturated carbocycles. The lowest BCUT2D eigenvalue weighted by atomic mass is 10.2. The Morgan fingerprint density at radius 3 is 2.64 bits per heavy atom. The average molecular weight is 303 g/mol. The largest absolute Gasteiger partial charge is 0.484 e.